The number of likely N-dealkylation sites (tertiary alicyclic amines) is 1. The van der Waals surface area contributed by atoms with Gasteiger partial charge in [-0.2, -0.15) is 0 Å². The predicted molar refractivity (Wildman–Crippen MR) is 72.5 cm³/mol. The molecule has 1 saturated heterocycles. The fourth-order valence-corrected chi connectivity index (χ4v) is 4.30. The molecule has 2 unspecified atom stereocenters. The number of ether oxygens (including phenoxy) is 1. The van der Waals surface area contributed by atoms with Crippen molar-refractivity contribution < 1.29 is 9.53 Å². The lowest BCUT2D eigenvalue weighted by atomic mass is 9.68. The van der Waals surface area contributed by atoms with Crippen molar-refractivity contribution in [3.63, 3.8) is 0 Å². The molecule has 0 aromatic heterocycles. The summed E-state index contributed by atoms with van der Waals surface area (Å²) in [6.07, 6.45) is 0.884. The Morgan fingerprint density at radius 2 is 2.16 bits per heavy atom. The number of carbonyl (C=O) groups excluding carboxylic acids is 1. The largest absolute Gasteiger partial charge is 0.488 e. The molecule has 0 radical (unpaired) electrons. The lowest BCUT2D eigenvalue weighted by molar-refractivity contribution is -0.134. The summed E-state index contributed by atoms with van der Waals surface area (Å²) in [5, 5.41) is 0.0375. The first-order chi connectivity index (χ1) is 9.16. The number of benzene rings is 1. The van der Waals surface area contributed by atoms with Crippen LogP contribution in [0.3, 0.4) is 0 Å². The number of hydrogen-bond donors (Lipinski definition) is 0. The fraction of sp³-hybridized carbons (Fsp3) is 0.533. The summed E-state index contributed by atoms with van der Waals surface area (Å²) in [5.41, 5.74) is 1.17. The Balaban J connectivity index is 1.84. The second-order valence-corrected chi connectivity index (χ2v) is 6.45. The number of nitrogens with zero attached hydrogens (tertiary/aromatic N) is 1. The lowest BCUT2D eigenvalue weighted by Crippen LogP contribution is -2.51. The molecule has 1 saturated carbocycles. The Hall–Kier alpha value is -1.22. The van der Waals surface area contributed by atoms with E-state index in [-0.39, 0.29) is 35.1 Å². The van der Waals surface area contributed by atoms with Crippen LogP contribution in [0.5, 0.6) is 5.75 Å². The molecule has 2 fully saturated rings. The molecule has 100 valence electrons. The van der Waals surface area contributed by atoms with Crippen molar-refractivity contribution in [2.45, 2.75) is 23.8 Å². The SMILES string of the molecule is CN1C[C@H]2c3ccccc3O[C@H]3C(Cl)CC3[C@@H]2C1=O. The summed E-state index contributed by atoms with van der Waals surface area (Å²) in [7, 11) is 1.90. The van der Waals surface area contributed by atoms with E-state index in [4.69, 9.17) is 16.3 Å². The van der Waals surface area contributed by atoms with E-state index in [0.29, 0.717) is 0 Å². The minimum atomic E-state index is -0.00623. The van der Waals surface area contributed by atoms with Gasteiger partial charge in [-0.1, -0.05) is 18.2 Å². The van der Waals surface area contributed by atoms with E-state index >= 15 is 0 Å². The Labute approximate surface area is 117 Å². The third-order valence-electron chi connectivity index (χ3n) is 4.88. The van der Waals surface area contributed by atoms with Gasteiger partial charge < -0.3 is 9.64 Å². The van der Waals surface area contributed by atoms with E-state index in [1.807, 2.05) is 30.1 Å². The molecule has 1 aliphatic carbocycles. The molecule has 4 heteroatoms. The first-order valence-corrected chi connectivity index (χ1v) is 7.25. The van der Waals surface area contributed by atoms with Gasteiger partial charge in [-0.05, 0) is 18.1 Å². The molecule has 3 nitrogen and oxygen atoms in total. The van der Waals surface area contributed by atoms with Gasteiger partial charge in [0.15, 0.2) is 0 Å². The van der Waals surface area contributed by atoms with Crippen molar-refractivity contribution >= 4 is 17.5 Å². The van der Waals surface area contributed by atoms with Gasteiger partial charge in [0.05, 0.1) is 11.3 Å². The van der Waals surface area contributed by atoms with Crippen LogP contribution in [-0.4, -0.2) is 35.9 Å². The quantitative estimate of drug-likeness (QED) is 0.681. The van der Waals surface area contributed by atoms with Crippen LogP contribution < -0.4 is 4.74 Å². The van der Waals surface area contributed by atoms with Gasteiger partial charge in [-0.25, -0.2) is 0 Å². The number of hydrogen-bond acceptors (Lipinski definition) is 2. The van der Waals surface area contributed by atoms with Gasteiger partial charge in [-0.15, -0.1) is 11.6 Å². The number of likely N-dealkylation sites (N-methyl/N-ethyl adjacent to an activating group) is 1. The van der Waals surface area contributed by atoms with E-state index in [1.165, 1.54) is 5.56 Å². The summed E-state index contributed by atoms with van der Waals surface area (Å²) in [4.78, 5) is 14.3. The van der Waals surface area contributed by atoms with Crippen LogP contribution in [0.1, 0.15) is 17.9 Å². The smallest absolute Gasteiger partial charge is 0.226 e. The van der Waals surface area contributed by atoms with Crippen molar-refractivity contribution in [1.29, 1.82) is 0 Å². The summed E-state index contributed by atoms with van der Waals surface area (Å²) >= 11 is 6.29. The van der Waals surface area contributed by atoms with Crippen molar-refractivity contribution in [1.82, 2.24) is 4.90 Å². The molecule has 4 rings (SSSR count). The Morgan fingerprint density at radius 1 is 1.37 bits per heavy atom. The molecule has 2 aliphatic heterocycles. The zero-order valence-corrected chi connectivity index (χ0v) is 11.5. The molecule has 5 atom stereocenters. The van der Waals surface area contributed by atoms with Gasteiger partial charge in [0.25, 0.3) is 0 Å². The maximum atomic E-state index is 12.4. The lowest BCUT2D eigenvalue weighted by Gasteiger charge is -2.42. The van der Waals surface area contributed by atoms with Gasteiger partial charge in [0.2, 0.25) is 5.91 Å². The molecule has 2 heterocycles. The number of alkyl halides is 1. The van der Waals surface area contributed by atoms with E-state index in [2.05, 4.69) is 6.07 Å². The molecule has 1 aromatic rings. The van der Waals surface area contributed by atoms with Gasteiger partial charge in [0, 0.05) is 25.4 Å². The first kappa shape index (κ1) is 11.6. The Morgan fingerprint density at radius 3 is 2.95 bits per heavy atom. The maximum absolute atomic E-state index is 12.4. The van der Waals surface area contributed by atoms with Crippen LogP contribution in [0.15, 0.2) is 24.3 Å². The molecule has 3 aliphatic rings. The Bertz CT molecular complexity index is 547. The van der Waals surface area contributed by atoms with Gasteiger partial charge in [-0.3, -0.25) is 4.79 Å². The average Bonchev–Trinajstić information content (AvgIpc) is 2.63. The third kappa shape index (κ3) is 1.48. The molecular formula is C15H16ClNO2. The molecule has 1 aromatic carbocycles. The normalized spacial score (nSPS) is 39.6. The highest BCUT2D eigenvalue weighted by molar-refractivity contribution is 6.21. The highest BCUT2D eigenvalue weighted by atomic mass is 35.5. The maximum Gasteiger partial charge on any atom is 0.226 e. The number of halogens is 1. The minimum Gasteiger partial charge on any atom is -0.488 e. The second-order valence-electron chi connectivity index (χ2n) is 5.89. The molecule has 0 N–H and O–H groups in total. The molecule has 19 heavy (non-hydrogen) atoms. The molecule has 0 spiro atoms. The summed E-state index contributed by atoms with van der Waals surface area (Å²) in [5.74, 6) is 1.75. The van der Waals surface area contributed by atoms with Crippen molar-refractivity contribution in [2.75, 3.05) is 13.6 Å². The van der Waals surface area contributed by atoms with E-state index in [1.54, 1.807) is 0 Å². The topological polar surface area (TPSA) is 29.5 Å². The van der Waals surface area contributed by atoms with Gasteiger partial charge >= 0.3 is 0 Å². The summed E-state index contributed by atoms with van der Waals surface area (Å²) in [6.45, 7) is 0.792. The zero-order chi connectivity index (χ0) is 13.1. The first-order valence-electron chi connectivity index (χ1n) is 6.81. The van der Waals surface area contributed by atoms with Crippen LogP contribution >= 0.6 is 11.6 Å². The zero-order valence-electron chi connectivity index (χ0n) is 10.8. The summed E-state index contributed by atoms with van der Waals surface area (Å²) in [6, 6.07) is 8.09. The average molecular weight is 278 g/mol. The molecular weight excluding hydrogens is 262 g/mol. The number of para-hydroxylation sites is 1. The number of rotatable bonds is 0. The van der Waals surface area contributed by atoms with E-state index in [0.717, 1.165) is 18.7 Å². The fourth-order valence-electron chi connectivity index (χ4n) is 3.85. The number of fused-ring (bicyclic) bond motifs is 5. The highest BCUT2D eigenvalue weighted by Gasteiger charge is 2.56. The van der Waals surface area contributed by atoms with E-state index in [9.17, 15) is 4.79 Å². The minimum absolute atomic E-state index is 0.00623. The number of amides is 1. The van der Waals surface area contributed by atoms with Crippen molar-refractivity contribution in [2.24, 2.45) is 11.8 Å². The van der Waals surface area contributed by atoms with Crippen LogP contribution in [-0.2, 0) is 4.79 Å². The number of carbonyl (C=O) groups is 1. The van der Waals surface area contributed by atoms with Crippen LogP contribution in [0.4, 0.5) is 0 Å². The molecule has 1 amide bonds. The highest BCUT2D eigenvalue weighted by Crippen LogP contribution is 2.52. The van der Waals surface area contributed by atoms with Crippen molar-refractivity contribution in [3.8, 4) is 5.75 Å². The standard InChI is InChI=1S/C15H16ClNO2/c1-17-7-10-8-4-2-3-5-12(8)19-14-9(6-11(14)16)13(10)15(17)18/h2-5,9-11,13-14H,6-7H2,1H3/t9?,10-,11?,13-,14+/m0/s1. The van der Waals surface area contributed by atoms with Crippen LogP contribution in [0, 0.1) is 11.8 Å². The Kier molecular flexibility index (Phi) is 2.37. The van der Waals surface area contributed by atoms with E-state index < -0.39 is 0 Å². The molecule has 0 bridgehead atoms. The third-order valence-corrected chi connectivity index (χ3v) is 5.31. The second kappa shape index (κ2) is 3.89. The monoisotopic (exact) mass is 277 g/mol. The van der Waals surface area contributed by atoms with Crippen LogP contribution in [0.2, 0.25) is 0 Å². The van der Waals surface area contributed by atoms with Gasteiger partial charge in [0.1, 0.15) is 11.9 Å². The van der Waals surface area contributed by atoms with Crippen LogP contribution in [0.25, 0.3) is 0 Å². The summed E-state index contributed by atoms with van der Waals surface area (Å²) < 4.78 is 6.09. The predicted octanol–water partition coefficient (Wildman–Crippen LogP) is 2.25. The van der Waals surface area contributed by atoms with Crippen molar-refractivity contribution in [3.05, 3.63) is 29.8 Å².